The summed E-state index contributed by atoms with van der Waals surface area (Å²) in [4.78, 5) is 0. The standard InChI is InChI=1S/C17H20O2/c1-19-17-10-6-5-9-16(17)15(13-18)12-11-14-7-3-2-4-8-14/h2-10,15,18H,11-13H2,1H3. The van der Waals surface area contributed by atoms with Crippen LogP contribution in [0.3, 0.4) is 0 Å². The van der Waals surface area contributed by atoms with Gasteiger partial charge < -0.3 is 9.84 Å². The highest BCUT2D eigenvalue weighted by atomic mass is 16.5. The second kappa shape index (κ2) is 6.95. The molecule has 2 heteroatoms. The SMILES string of the molecule is COc1ccccc1C(CO)CCc1ccccc1. The summed E-state index contributed by atoms with van der Waals surface area (Å²) >= 11 is 0. The molecule has 2 rings (SSSR count). The van der Waals surface area contributed by atoms with Crippen molar-refractivity contribution in [2.75, 3.05) is 13.7 Å². The maximum absolute atomic E-state index is 9.62. The third kappa shape index (κ3) is 3.58. The van der Waals surface area contributed by atoms with Gasteiger partial charge in [-0.15, -0.1) is 0 Å². The van der Waals surface area contributed by atoms with Gasteiger partial charge in [0.1, 0.15) is 5.75 Å². The van der Waals surface area contributed by atoms with Crippen molar-refractivity contribution in [3.8, 4) is 5.75 Å². The van der Waals surface area contributed by atoms with Gasteiger partial charge in [-0.2, -0.15) is 0 Å². The molecule has 2 aromatic carbocycles. The summed E-state index contributed by atoms with van der Waals surface area (Å²) in [6, 6.07) is 18.3. The van der Waals surface area contributed by atoms with E-state index in [1.807, 2.05) is 42.5 Å². The first-order valence-corrected chi connectivity index (χ1v) is 6.63. The molecule has 0 aliphatic carbocycles. The van der Waals surface area contributed by atoms with Crippen molar-refractivity contribution in [2.45, 2.75) is 18.8 Å². The molecule has 1 unspecified atom stereocenters. The molecule has 100 valence electrons. The molecule has 0 saturated carbocycles. The number of aliphatic hydroxyl groups excluding tert-OH is 1. The third-order valence-corrected chi connectivity index (χ3v) is 3.42. The van der Waals surface area contributed by atoms with E-state index in [1.54, 1.807) is 7.11 Å². The molecule has 0 saturated heterocycles. The summed E-state index contributed by atoms with van der Waals surface area (Å²) in [5, 5.41) is 9.62. The summed E-state index contributed by atoms with van der Waals surface area (Å²) in [5.41, 5.74) is 2.39. The van der Waals surface area contributed by atoms with Crippen LogP contribution >= 0.6 is 0 Å². The van der Waals surface area contributed by atoms with E-state index in [0.717, 1.165) is 24.2 Å². The predicted molar refractivity (Wildman–Crippen MR) is 77.6 cm³/mol. The van der Waals surface area contributed by atoms with Gasteiger partial charge in [0, 0.05) is 5.92 Å². The lowest BCUT2D eigenvalue weighted by molar-refractivity contribution is 0.256. The van der Waals surface area contributed by atoms with Gasteiger partial charge >= 0.3 is 0 Å². The minimum Gasteiger partial charge on any atom is -0.496 e. The molecule has 0 aliphatic rings. The van der Waals surface area contributed by atoms with Crippen molar-refractivity contribution in [2.24, 2.45) is 0 Å². The molecule has 0 aliphatic heterocycles. The number of benzene rings is 2. The van der Waals surface area contributed by atoms with Crippen molar-refractivity contribution in [1.29, 1.82) is 0 Å². The lowest BCUT2D eigenvalue weighted by Crippen LogP contribution is -2.07. The fourth-order valence-corrected chi connectivity index (χ4v) is 2.33. The average molecular weight is 256 g/mol. The van der Waals surface area contributed by atoms with E-state index in [1.165, 1.54) is 5.56 Å². The molecule has 0 spiro atoms. The van der Waals surface area contributed by atoms with E-state index in [2.05, 4.69) is 12.1 Å². The van der Waals surface area contributed by atoms with Crippen molar-refractivity contribution in [3.63, 3.8) is 0 Å². The fourth-order valence-electron chi connectivity index (χ4n) is 2.33. The molecular weight excluding hydrogens is 236 g/mol. The van der Waals surface area contributed by atoms with Crippen molar-refractivity contribution >= 4 is 0 Å². The summed E-state index contributed by atoms with van der Waals surface area (Å²) in [7, 11) is 1.67. The molecule has 0 bridgehead atoms. The van der Waals surface area contributed by atoms with Crippen LogP contribution in [0.5, 0.6) is 5.75 Å². The van der Waals surface area contributed by atoms with Crippen LogP contribution in [0.2, 0.25) is 0 Å². The van der Waals surface area contributed by atoms with E-state index in [9.17, 15) is 5.11 Å². The number of aryl methyl sites for hydroxylation is 1. The molecule has 19 heavy (non-hydrogen) atoms. The Bertz CT molecular complexity index is 494. The number of rotatable bonds is 6. The van der Waals surface area contributed by atoms with Crippen LogP contribution < -0.4 is 4.74 Å². The van der Waals surface area contributed by atoms with E-state index in [4.69, 9.17) is 4.74 Å². The van der Waals surface area contributed by atoms with Crippen molar-refractivity contribution < 1.29 is 9.84 Å². The maximum Gasteiger partial charge on any atom is 0.122 e. The highest BCUT2D eigenvalue weighted by molar-refractivity contribution is 5.36. The number of aliphatic hydroxyl groups is 1. The smallest absolute Gasteiger partial charge is 0.122 e. The molecule has 2 aromatic rings. The average Bonchev–Trinajstić information content (AvgIpc) is 2.49. The van der Waals surface area contributed by atoms with Crippen molar-refractivity contribution in [3.05, 3.63) is 65.7 Å². The van der Waals surface area contributed by atoms with E-state index >= 15 is 0 Å². The van der Waals surface area contributed by atoms with Crippen LogP contribution in [0.1, 0.15) is 23.5 Å². The Morgan fingerprint density at radius 1 is 1.00 bits per heavy atom. The summed E-state index contributed by atoms with van der Waals surface area (Å²) in [6.45, 7) is 0.146. The molecule has 2 nitrogen and oxygen atoms in total. The molecule has 1 atom stereocenters. The van der Waals surface area contributed by atoms with Crippen LogP contribution in [0.25, 0.3) is 0 Å². The second-order valence-corrected chi connectivity index (χ2v) is 4.65. The topological polar surface area (TPSA) is 29.5 Å². The largest absolute Gasteiger partial charge is 0.496 e. The number of ether oxygens (including phenoxy) is 1. The fraction of sp³-hybridized carbons (Fsp3) is 0.294. The minimum absolute atomic E-state index is 0.122. The van der Waals surface area contributed by atoms with Crippen LogP contribution in [-0.4, -0.2) is 18.8 Å². The number of methoxy groups -OCH3 is 1. The molecule has 1 N–H and O–H groups in total. The summed E-state index contributed by atoms with van der Waals surface area (Å²) in [5.74, 6) is 0.978. The number of para-hydroxylation sites is 1. The number of hydrogen-bond donors (Lipinski definition) is 1. The Hall–Kier alpha value is -1.80. The van der Waals surface area contributed by atoms with E-state index in [0.29, 0.717) is 0 Å². The van der Waals surface area contributed by atoms with Gasteiger partial charge in [0.15, 0.2) is 0 Å². The van der Waals surface area contributed by atoms with Crippen LogP contribution in [0.4, 0.5) is 0 Å². The molecule has 0 aromatic heterocycles. The quantitative estimate of drug-likeness (QED) is 0.858. The van der Waals surface area contributed by atoms with Crippen LogP contribution in [0, 0.1) is 0 Å². The lowest BCUT2D eigenvalue weighted by Gasteiger charge is -2.17. The van der Waals surface area contributed by atoms with Gasteiger partial charge in [-0.3, -0.25) is 0 Å². The van der Waals surface area contributed by atoms with Gasteiger partial charge in [-0.05, 0) is 30.0 Å². The molecule has 0 fully saturated rings. The lowest BCUT2D eigenvalue weighted by atomic mass is 9.92. The monoisotopic (exact) mass is 256 g/mol. The molecule has 0 heterocycles. The Labute approximate surface area is 114 Å². The third-order valence-electron chi connectivity index (χ3n) is 3.42. The van der Waals surface area contributed by atoms with Gasteiger partial charge in [-0.25, -0.2) is 0 Å². The molecule has 0 amide bonds. The Morgan fingerprint density at radius 2 is 1.68 bits per heavy atom. The van der Waals surface area contributed by atoms with Gasteiger partial charge in [0.25, 0.3) is 0 Å². The highest BCUT2D eigenvalue weighted by Gasteiger charge is 2.14. The van der Waals surface area contributed by atoms with E-state index < -0.39 is 0 Å². The molecular formula is C17H20O2. The summed E-state index contributed by atoms with van der Waals surface area (Å²) < 4.78 is 5.37. The molecule has 0 radical (unpaired) electrons. The first kappa shape index (κ1) is 13.6. The maximum atomic E-state index is 9.62. The highest BCUT2D eigenvalue weighted by Crippen LogP contribution is 2.29. The zero-order valence-electron chi connectivity index (χ0n) is 11.3. The normalized spacial score (nSPS) is 12.1. The Kier molecular flexibility index (Phi) is 4.99. The van der Waals surface area contributed by atoms with Crippen LogP contribution in [0.15, 0.2) is 54.6 Å². The van der Waals surface area contributed by atoms with Gasteiger partial charge in [0.05, 0.1) is 13.7 Å². The van der Waals surface area contributed by atoms with Gasteiger partial charge in [-0.1, -0.05) is 48.5 Å². The minimum atomic E-state index is 0.122. The Balaban J connectivity index is 2.08. The predicted octanol–water partition coefficient (Wildman–Crippen LogP) is 3.40. The number of hydrogen-bond acceptors (Lipinski definition) is 2. The second-order valence-electron chi connectivity index (χ2n) is 4.65. The van der Waals surface area contributed by atoms with Crippen LogP contribution in [-0.2, 0) is 6.42 Å². The zero-order chi connectivity index (χ0) is 13.5. The van der Waals surface area contributed by atoms with Gasteiger partial charge in [0.2, 0.25) is 0 Å². The van der Waals surface area contributed by atoms with E-state index in [-0.39, 0.29) is 12.5 Å². The zero-order valence-corrected chi connectivity index (χ0v) is 11.3. The summed E-state index contributed by atoms with van der Waals surface area (Å²) in [6.07, 6.45) is 1.88. The first-order valence-electron chi connectivity index (χ1n) is 6.63. The Morgan fingerprint density at radius 3 is 2.37 bits per heavy atom. The van der Waals surface area contributed by atoms with Crippen molar-refractivity contribution in [1.82, 2.24) is 0 Å². The first-order chi connectivity index (χ1) is 9.35.